The number of amides is 1. The van der Waals surface area contributed by atoms with Crippen molar-refractivity contribution >= 4 is 17.8 Å². The summed E-state index contributed by atoms with van der Waals surface area (Å²) in [6.45, 7) is 4.22. The van der Waals surface area contributed by atoms with Crippen LogP contribution >= 0.6 is 0 Å². The number of carbonyl (C=O) groups excluding carboxylic acids is 1. The van der Waals surface area contributed by atoms with Crippen LogP contribution in [-0.2, 0) is 11.2 Å². The molecule has 1 N–H and O–H groups in total. The summed E-state index contributed by atoms with van der Waals surface area (Å²) in [7, 11) is 0. The molecule has 1 saturated heterocycles. The number of carboxylic acids is 1. The smallest absolute Gasteiger partial charge is 0.341 e. The molecule has 0 aromatic carbocycles. The zero-order chi connectivity index (χ0) is 12.6. The molecule has 1 aromatic heterocycles. The normalized spacial score (nSPS) is 20.0. The first-order chi connectivity index (χ1) is 8.06. The summed E-state index contributed by atoms with van der Waals surface area (Å²) in [4.78, 5) is 24.5. The van der Waals surface area contributed by atoms with E-state index in [0.717, 1.165) is 6.42 Å². The maximum absolute atomic E-state index is 11.9. The number of aromatic carboxylic acids is 1. The zero-order valence-electron chi connectivity index (χ0n) is 9.90. The number of hydrogen-bond donors (Lipinski definition) is 1. The second kappa shape index (κ2) is 4.24. The van der Waals surface area contributed by atoms with Gasteiger partial charge in [0.15, 0.2) is 0 Å². The summed E-state index contributed by atoms with van der Waals surface area (Å²) in [5.41, 5.74) is 0.745. The first-order valence-electron chi connectivity index (χ1n) is 5.71. The predicted molar refractivity (Wildman–Crippen MR) is 61.2 cm³/mol. The van der Waals surface area contributed by atoms with E-state index in [0.29, 0.717) is 18.5 Å². The summed E-state index contributed by atoms with van der Waals surface area (Å²) < 4.78 is 5.27. The van der Waals surface area contributed by atoms with Crippen LogP contribution in [-0.4, -0.2) is 23.5 Å². The van der Waals surface area contributed by atoms with Crippen molar-refractivity contribution in [3.8, 4) is 0 Å². The van der Waals surface area contributed by atoms with Crippen LogP contribution in [0.2, 0.25) is 0 Å². The topological polar surface area (TPSA) is 70.8 Å². The fraction of sp³-hybridized carbons (Fsp3) is 0.500. The molecule has 1 aliphatic heterocycles. The molecule has 5 nitrogen and oxygen atoms in total. The molecule has 0 bridgehead atoms. The van der Waals surface area contributed by atoms with Gasteiger partial charge in [0.2, 0.25) is 11.8 Å². The van der Waals surface area contributed by atoms with Crippen LogP contribution in [0.4, 0.5) is 5.88 Å². The number of anilines is 1. The lowest BCUT2D eigenvalue weighted by molar-refractivity contribution is -0.120. The molecule has 0 spiro atoms. The SMILES string of the molecule is CCc1coc(N2CCC(C)C2=O)c1C(=O)O. The third-order valence-corrected chi connectivity index (χ3v) is 3.16. The van der Waals surface area contributed by atoms with Gasteiger partial charge in [-0.3, -0.25) is 9.69 Å². The van der Waals surface area contributed by atoms with Gasteiger partial charge in [-0.25, -0.2) is 4.79 Å². The van der Waals surface area contributed by atoms with Crippen LogP contribution in [0.1, 0.15) is 36.2 Å². The van der Waals surface area contributed by atoms with Gasteiger partial charge in [-0.2, -0.15) is 0 Å². The largest absolute Gasteiger partial charge is 0.477 e. The molecule has 17 heavy (non-hydrogen) atoms. The van der Waals surface area contributed by atoms with Gasteiger partial charge >= 0.3 is 5.97 Å². The van der Waals surface area contributed by atoms with Crippen LogP contribution in [0, 0.1) is 5.92 Å². The van der Waals surface area contributed by atoms with Crippen molar-refractivity contribution in [3.63, 3.8) is 0 Å². The second-order valence-electron chi connectivity index (χ2n) is 4.28. The van der Waals surface area contributed by atoms with E-state index in [9.17, 15) is 14.7 Å². The molecule has 5 heteroatoms. The quantitative estimate of drug-likeness (QED) is 0.871. The summed E-state index contributed by atoms with van der Waals surface area (Å²) in [6.07, 6.45) is 2.73. The molecular formula is C12H15NO4. The summed E-state index contributed by atoms with van der Waals surface area (Å²) in [5.74, 6) is -0.988. The average Bonchev–Trinajstić information content (AvgIpc) is 2.84. The molecule has 2 heterocycles. The van der Waals surface area contributed by atoms with E-state index in [1.165, 1.54) is 11.2 Å². The summed E-state index contributed by atoms with van der Waals surface area (Å²) >= 11 is 0. The van der Waals surface area contributed by atoms with Crippen molar-refractivity contribution in [1.82, 2.24) is 0 Å². The van der Waals surface area contributed by atoms with E-state index in [4.69, 9.17) is 4.42 Å². The van der Waals surface area contributed by atoms with Gasteiger partial charge < -0.3 is 9.52 Å². The van der Waals surface area contributed by atoms with Crippen molar-refractivity contribution < 1.29 is 19.1 Å². The summed E-state index contributed by atoms with van der Waals surface area (Å²) in [6, 6.07) is 0. The molecular weight excluding hydrogens is 222 g/mol. The van der Waals surface area contributed by atoms with Crippen LogP contribution in [0.5, 0.6) is 0 Å². The van der Waals surface area contributed by atoms with Gasteiger partial charge in [0.1, 0.15) is 5.56 Å². The Hall–Kier alpha value is -1.78. The molecule has 0 aliphatic carbocycles. The standard InChI is InChI=1S/C12H15NO4/c1-3-8-6-17-11(9(8)12(15)16)13-5-4-7(2)10(13)14/h6-7H,3-5H2,1-2H3,(H,15,16). The van der Waals surface area contributed by atoms with Gasteiger partial charge in [-0.05, 0) is 12.8 Å². The van der Waals surface area contributed by atoms with Crippen LogP contribution < -0.4 is 4.90 Å². The molecule has 1 aromatic rings. The van der Waals surface area contributed by atoms with Crippen LogP contribution in [0.3, 0.4) is 0 Å². The lowest BCUT2D eigenvalue weighted by Crippen LogP contribution is -2.27. The molecule has 1 aliphatic rings. The average molecular weight is 237 g/mol. The van der Waals surface area contributed by atoms with Gasteiger partial charge in [0.25, 0.3) is 0 Å². The minimum Gasteiger partial charge on any atom is -0.477 e. The molecule has 0 saturated carbocycles. The highest BCUT2D eigenvalue weighted by molar-refractivity contribution is 6.02. The first-order valence-corrected chi connectivity index (χ1v) is 5.71. The summed E-state index contributed by atoms with van der Waals surface area (Å²) in [5, 5.41) is 9.18. The van der Waals surface area contributed by atoms with Crippen molar-refractivity contribution in [2.75, 3.05) is 11.4 Å². The second-order valence-corrected chi connectivity index (χ2v) is 4.28. The van der Waals surface area contributed by atoms with E-state index >= 15 is 0 Å². The molecule has 92 valence electrons. The molecule has 0 radical (unpaired) electrons. The number of hydrogen-bond acceptors (Lipinski definition) is 3. The fourth-order valence-electron chi connectivity index (χ4n) is 2.09. The Morgan fingerprint density at radius 2 is 2.35 bits per heavy atom. The molecule has 1 unspecified atom stereocenters. The van der Waals surface area contributed by atoms with Crippen molar-refractivity contribution in [1.29, 1.82) is 0 Å². The van der Waals surface area contributed by atoms with Crippen molar-refractivity contribution in [2.45, 2.75) is 26.7 Å². The molecule has 1 fully saturated rings. The number of carboxylic acid groups (broad SMARTS) is 1. The van der Waals surface area contributed by atoms with E-state index < -0.39 is 5.97 Å². The number of carbonyl (C=O) groups is 2. The molecule has 2 rings (SSSR count). The Kier molecular flexibility index (Phi) is 2.92. The van der Waals surface area contributed by atoms with Gasteiger partial charge in [0, 0.05) is 18.0 Å². The van der Waals surface area contributed by atoms with Crippen LogP contribution in [0.25, 0.3) is 0 Å². The van der Waals surface area contributed by atoms with Crippen molar-refractivity contribution in [2.24, 2.45) is 5.92 Å². The number of furan rings is 1. The molecule has 1 atom stereocenters. The van der Waals surface area contributed by atoms with Gasteiger partial charge in [-0.1, -0.05) is 13.8 Å². The number of nitrogens with zero attached hydrogens (tertiary/aromatic N) is 1. The Morgan fingerprint density at radius 1 is 1.65 bits per heavy atom. The molecule has 1 amide bonds. The maximum atomic E-state index is 11.9. The Labute approximate surface area is 99.0 Å². The monoisotopic (exact) mass is 237 g/mol. The fourth-order valence-corrected chi connectivity index (χ4v) is 2.09. The highest BCUT2D eigenvalue weighted by Crippen LogP contribution is 2.31. The highest BCUT2D eigenvalue weighted by Gasteiger charge is 2.34. The Morgan fingerprint density at radius 3 is 2.82 bits per heavy atom. The minimum atomic E-state index is -1.04. The van der Waals surface area contributed by atoms with Crippen LogP contribution in [0.15, 0.2) is 10.7 Å². The van der Waals surface area contributed by atoms with E-state index in [-0.39, 0.29) is 23.3 Å². The maximum Gasteiger partial charge on any atom is 0.341 e. The van der Waals surface area contributed by atoms with E-state index in [2.05, 4.69) is 0 Å². The highest BCUT2D eigenvalue weighted by atomic mass is 16.4. The lowest BCUT2D eigenvalue weighted by atomic mass is 10.1. The minimum absolute atomic E-state index is 0.0631. The third-order valence-electron chi connectivity index (χ3n) is 3.16. The predicted octanol–water partition coefficient (Wildman–Crippen LogP) is 1.91. The Bertz CT molecular complexity index is 463. The Balaban J connectivity index is 2.42. The third kappa shape index (κ3) is 1.81. The number of rotatable bonds is 3. The van der Waals surface area contributed by atoms with E-state index in [1.54, 1.807) is 0 Å². The zero-order valence-corrected chi connectivity index (χ0v) is 9.90. The van der Waals surface area contributed by atoms with Gasteiger partial charge in [-0.15, -0.1) is 0 Å². The first kappa shape index (κ1) is 11.7. The van der Waals surface area contributed by atoms with Crippen molar-refractivity contribution in [3.05, 3.63) is 17.4 Å². The van der Waals surface area contributed by atoms with Gasteiger partial charge in [0.05, 0.1) is 6.26 Å². The number of aryl methyl sites for hydroxylation is 1. The lowest BCUT2D eigenvalue weighted by Gasteiger charge is -2.13. The van der Waals surface area contributed by atoms with E-state index in [1.807, 2.05) is 13.8 Å².